The van der Waals surface area contributed by atoms with Crippen LogP contribution in [0.15, 0.2) is 66.7 Å². The number of benzene rings is 3. The Labute approximate surface area is 172 Å². The molecule has 0 atom stereocenters. The third-order valence-electron chi connectivity index (χ3n) is 4.27. The molecule has 0 saturated carbocycles. The van der Waals surface area contributed by atoms with Gasteiger partial charge in [0, 0.05) is 12.1 Å². The molecule has 0 aliphatic heterocycles. The van der Waals surface area contributed by atoms with Gasteiger partial charge in [0.05, 0.1) is 23.7 Å². The molecule has 0 radical (unpaired) electrons. The molecule has 3 aromatic rings. The molecule has 0 fully saturated rings. The van der Waals surface area contributed by atoms with Gasteiger partial charge in [-0.15, -0.1) is 0 Å². The van der Waals surface area contributed by atoms with Crippen LogP contribution in [0.3, 0.4) is 0 Å². The highest BCUT2D eigenvalue weighted by Crippen LogP contribution is 2.31. The summed E-state index contributed by atoms with van der Waals surface area (Å²) in [6.07, 6.45) is 1.63. The molecule has 30 heavy (non-hydrogen) atoms. The molecule has 0 unspecified atom stereocenters. The Bertz CT molecular complexity index is 1150. The molecule has 0 spiro atoms. The van der Waals surface area contributed by atoms with Gasteiger partial charge in [0.25, 0.3) is 5.69 Å². The minimum Gasteiger partial charge on any atom is -0.493 e. The number of halogens is 1. The van der Waals surface area contributed by atoms with E-state index >= 15 is 0 Å². The summed E-state index contributed by atoms with van der Waals surface area (Å²) in [7, 11) is 1.49. The summed E-state index contributed by atoms with van der Waals surface area (Å²) >= 11 is 0. The zero-order chi connectivity index (χ0) is 21.5. The van der Waals surface area contributed by atoms with Gasteiger partial charge in [0.15, 0.2) is 11.5 Å². The Morgan fingerprint density at radius 1 is 1.13 bits per heavy atom. The quantitative estimate of drug-likeness (QED) is 0.228. The molecule has 6 nitrogen and oxygen atoms in total. The van der Waals surface area contributed by atoms with Crippen LogP contribution in [0.25, 0.3) is 11.6 Å². The molecule has 3 aromatic carbocycles. The topological polar surface area (TPSA) is 85.4 Å². The van der Waals surface area contributed by atoms with Crippen molar-refractivity contribution < 1.29 is 18.8 Å². The number of nitrogens with zero attached hydrogens (tertiary/aromatic N) is 2. The summed E-state index contributed by atoms with van der Waals surface area (Å²) in [5, 5.41) is 20.3. The minimum absolute atomic E-state index is 0.00932. The average molecular weight is 404 g/mol. The lowest BCUT2D eigenvalue weighted by Gasteiger charge is -2.11. The lowest BCUT2D eigenvalue weighted by Crippen LogP contribution is -1.99. The SMILES string of the molecule is COc1cc(/C=C(/C#N)c2cccc(F)c2)ccc1OCc1cccc([N+](=O)[O-])c1. The van der Waals surface area contributed by atoms with Crippen molar-refractivity contribution in [3.8, 4) is 17.6 Å². The van der Waals surface area contributed by atoms with Crippen molar-refractivity contribution in [1.29, 1.82) is 5.26 Å². The van der Waals surface area contributed by atoms with Crippen molar-refractivity contribution in [1.82, 2.24) is 0 Å². The molecule has 0 aromatic heterocycles. The van der Waals surface area contributed by atoms with Gasteiger partial charge in [-0.1, -0.05) is 30.3 Å². The van der Waals surface area contributed by atoms with Gasteiger partial charge < -0.3 is 9.47 Å². The molecule has 3 rings (SSSR count). The van der Waals surface area contributed by atoms with Crippen LogP contribution >= 0.6 is 0 Å². The molecule has 0 saturated heterocycles. The fourth-order valence-electron chi connectivity index (χ4n) is 2.82. The third kappa shape index (κ3) is 5.00. The fraction of sp³-hybridized carbons (Fsp3) is 0.0870. The molecular weight excluding hydrogens is 387 g/mol. The van der Waals surface area contributed by atoms with Crippen LogP contribution in [-0.2, 0) is 6.61 Å². The van der Waals surface area contributed by atoms with Crippen molar-refractivity contribution in [2.45, 2.75) is 6.61 Å². The first-order valence-corrected chi connectivity index (χ1v) is 8.92. The van der Waals surface area contributed by atoms with E-state index < -0.39 is 10.7 Å². The predicted octanol–water partition coefficient (Wildman–Crippen LogP) is 5.39. The molecule has 0 aliphatic rings. The second-order valence-corrected chi connectivity index (χ2v) is 6.31. The van der Waals surface area contributed by atoms with E-state index in [0.29, 0.717) is 33.8 Å². The maximum Gasteiger partial charge on any atom is 0.269 e. The number of rotatable bonds is 7. The summed E-state index contributed by atoms with van der Waals surface area (Å²) in [6.45, 7) is 0.125. The van der Waals surface area contributed by atoms with Crippen molar-refractivity contribution in [2.24, 2.45) is 0 Å². The number of nitro groups is 1. The first-order valence-electron chi connectivity index (χ1n) is 8.92. The summed E-state index contributed by atoms with van der Waals surface area (Å²) in [4.78, 5) is 10.4. The monoisotopic (exact) mass is 404 g/mol. The van der Waals surface area contributed by atoms with Crippen LogP contribution in [0.5, 0.6) is 11.5 Å². The smallest absolute Gasteiger partial charge is 0.269 e. The molecule has 7 heteroatoms. The van der Waals surface area contributed by atoms with Crippen LogP contribution in [0.1, 0.15) is 16.7 Å². The Balaban J connectivity index is 1.82. The van der Waals surface area contributed by atoms with Crippen molar-refractivity contribution in [3.63, 3.8) is 0 Å². The number of methoxy groups -OCH3 is 1. The normalized spacial score (nSPS) is 10.9. The Morgan fingerprint density at radius 2 is 1.93 bits per heavy atom. The van der Waals surface area contributed by atoms with Crippen LogP contribution in [0, 0.1) is 27.3 Å². The summed E-state index contributed by atoms with van der Waals surface area (Å²) in [5.41, 5.74) is 2.10. The molecule has 0 heterocycles. The van der Waals surface area contributed by atoms with Gasteiger partial charge in [0.2, 0.25) is 0 Å². The second kappa shape index (κ2) is 9.34. The van der Waals surface area contributed by atoms with E-state index in [1.165, 1.54) is 31.4 Å². The van der Waals surface area contributed by atoms with Crippen LogP contribution in [0.4, 0.5) is 10.1 Å². The first-order chi connectivity index (χ1) is 14.5. The maximum absolute atomic E-state index is 13.5. The average Bonchev–Trinajstić information content (AvgIpc) is 2.76. The highest BCUT2D eigenvalue weighted by molar-refractivity contribution is 5.89. The molecule has 150 valence electrons. The van der Waals surface area contributed by atoms with Crippen LogP contribution in [0.2, 0.25) is 0 Å². The van der Waals surface area contributed by atoms with Gasteiger partial charge in [-0.3, -0.25) is 10.1 Å². The fourth-order valence-corrected chi connectivity index (χ4v) is 2.82. The van der Waals surface area contributed by atoms with Gasteiger partial charge in [-0.25, -0.2) is 4.39 Å². The first kappa shape index (κ1) is 20.6. The lowest BCUT2D eigenvalue weighted by molar-refractivity contribution is -0.384. The van der Waals surface area contributed by atoms with E-state index in [2.05, 4.69) is 6.07 Å². The third-order valence-corrected chi connectivity index (χ3v) is 4.27. The highest BCUT2D eigenvalue weighted by atomic mass is 19.1. The van der Waals surface area contributed by atoms with Gasteiger partial charge in [-0.05, 0) is 47.0 Å². The van der Waals surface area contributed by atoms with E-state index in [4.69, 9.17) is 9.47 Å². The Kier molecular flexibility index (Phi) is 6.40. The maximum atomic E-state index is 13.5. The van der Waals surface area contributed by atoms with E-state index in [1.807, 2.05) is 0 Å². The number of non-ortho nitro benzene ring substituents is 1. The van der Waals surface area contributed by atoms with Crippen molar-refractivity contribution in [2.75, 3.05) is 7.11 Å². The number of nitro benzene ring substituents is 1. The van der Waals surface area contributed by atoms with E-state index in [9.17, 15) is 19.8 Å². The molecule has 0 N–H and O–H groups in total. The summed E-state index contributed by atoms with van der Waals surface area (Å²) in [5.74, 6) is 0.465. The number of nitriles is 1. The van der Waals surface area contributed by atoms with E-state index in [0.717, 1.165) is 0 Å². The minimum atomic E-state index is -0.462. The zero-order valence-corrected chi connectivity index (χ0v) is 16.0. The van der Waals surface area contributed by atoms with Gasteiger partial charge >= 0.3 is 0 Å². The van der Waals surface area contributed by atoms with Crippen LogP contribution in [-0.4, -0.2) is 12.0 Å². The highest BCUT2D eigenvalue weighted by Gasteiger charge is 2.10. The number of hydrogen-bond acceptors (Lipinski definition) is 5. The van der Waals surface area contributed by atoms with Crippen LogP contribution < -0.4 is 9.47 Å². The molecule has 0 bridgehead atoms. The summed E-state index contributed by atoms with van der Waals surface area (Å²) < 4.78 is 24.6. The Hall–Kier alpha value is -4.18. The van der Waals surface area contributed by atoms with Gasteiger partial charge in [0.1, 0.15) is 12.4 Å². The van der Waals surface area contributed by atoms with Gasteiger partial charge in [-0.2, -0.15) is 5.26 Å². The molecule has 0 amide bonds. The predicted molar refractivity (Wildman–Crippen MR) is 110 cm³/mol. The largest absolute Gasteiger partial charge is 0.493 e. The molecular formula is C23H17FN2O4. The number of allylic oxidation sites excluding steroid dienone is 1. The van der Waals surface area contributed by atoms with E-state index in [-0.39, 0.29) is 12.3 Å². The van der Waals surface area contributed by atoms with Crippen molar-refractivity contribution in [3.05, 3.63) is 99.4 Å². The lowest BCUT2D eigenvalue weighted by atomic mass is 10.0. The number of hydrogen-bond donors (Lipinski definition) is 0. The second-order valence-electron chi connectivity index (χ2n) is 6.31. The Morgan fingerprint density at radius 3 is 2.63 bits per heavy atom. The summed E-state index contributed by atoms with van der Waals surface area (Å²) in [6, 6.07) is 19.2. The standard InChI is InChI=1S/C23H17FN2O4/c1-29-23-12-16(10-19(14-25)18-5-3-6-20(24)13-18)8-9-22(23)30-15-17-4-2-7-21(11-17)26(27)28/h2-13H,15H2,1H3/b19-10-. The molecule has 0 aliphatic carbocycles. The number of ether oxygens (including phenoxy) is 2. The zero-order valence-electron chi connectivity index (χ0n) is 16.0. The van der Waals surface area contributed by atoms with E-state index in [1.54, 1.807) is 48.5 Å². The van der Waals surface area contributed by atoms with Crippen molar-refractivity contribution >= 4 is 17.3 Å².